The molecule has 0 radical (unpaired) electrons. The third-order valence-corrected chi connectivity index (χ3v) is 4.47. The Labute approximate surface area is 148 Å². The van der Waals surface area contributed by atoms with Crippen LogP contribution in [0.5, 0.6) is 17.4 Å². The van der Waals surface area contributed by atoms with Gasteiger partial charge in [0.05, 0.1) is 26.4 Å². The van der Waals surface area contributed by atoms with Gasteiger partial charge in [0.15, 0.2) is 11.5 Å². The molecule has 1 saturated carbocycles. The quantitative estimate of drug-likeness (QED) is 0.820. The maximum atomic E-state index is 6.09. The molecule has 1 unspecified atom stereocenters. The highest BCUT2D eigenvalue weighted by atomic mass is 16.5. The molecule has 25 heavy (non-hydrogen) atoms. The summed E-state index contributed by atoms with van der Waals surface area (Å²) in [6, 6.07) is 7.76. The second kappa shape index (κ2) is 8.05. The highest BCUT2D eigenvalue weighted by molar-refractivity contribution is 5.45. The van der Waals surface area contributed by atoms with Gasteiger partial charge in [-0.15, -0.1) is 0 Å². The van der Waals surface area contributed by atoms with E-state index in [0.29, 0.717) is 17.9 Å². The van der Waals surface area contributed by atoms with Crippen LogP contribution in [0.2, 0.25) is 0 Å². The highest BCUT2D eigenvalue weighted by Crippen LogP contribution is 2.34. The van der Waals surface area contributed by atoms with E-state index in [1.165, 1.54) is 12.8 Å². The average Bonchev–Trinajstić information content (AvgIpc) is 3.15. The molecule has 2 aromatic rings. The minimum absolute atomic E-state index is 0.0153. The molecule has 0 spiro atoms. The van der Waals surface area contributed by atoms with Gasteiger partial charge < -0.3 is 19.5 Å². The second-order valence-corrected chi connectivity index (χ2v) is 6.22. The van der Waals surface area contributed by atoms with Crippen molar-refractivity contribution in [3.8, 4) is 17.4 Å². The molecule has 1 aliphatic carbocycles. The van der Waals surface area contributed by atoms with Crippen molar-refractivity contribution >= 4 is 5.95 Å². The van der Waals surface area contributed by atoms with Crippen molar-refractivity contribution in [2.24, 2.45) is 0 Å². The van der Waals surface area contributed by atoms with Crippen LogP contribution in [0.15, 0.2) is 30.5 Å². The summed E-state index contributed by atoms with van der Waals surface area (Å²) >= 11 is 0. The normalized spacial score (nSPS) is 15.6. The van der Waals surface area contributed by atoms with Gasteiger partial charge in [-0.3, -0.25) is 0 Å². The fourth-order valence-electron chi connectivity index (χ4n) is 3.04. The van der Waals surface area contributed by atoms with E-state index in [-0.39, 0.29) is 6.04 Å². The van der Waals surface area contributed by atoms with E-state index in [2.05, 4.69) is 22.2 Å². The molecule has 1 aromatic heterocycles. The minimum Gasteiger partial charge on any atom is -0.493 e. The maximum absolute atomic E-state index is 6.09. The zero-order valence-corrected chi connectivity index (χ0v) is 15.0. The van der Waals surface area contributed by atoms with Crippen molar-refractivity contribution in [3.63, 3.8) is 0 Å². The van der Waals surface area contributed by atoms with Crippen LogP contribution in [-0.4, -0.2) is 30.3 Å². The molecule has 0 bridgehead atoms. The van der Waals surface area contributed by atoms with Crippen molar-refractivity contribution in [3.05, 3.63) is 36.0 Å². The van der Waals surface area contributed by atoms with Gasteiger partial charge in [0, 0.05) is 12.3 Å². The molecule has 1 fully saturated rings. The molecule has 0 aliphatic heterocycles. The number of aromatic nitrogens is 2. The van der Waals surface area contributed by atoms with Crippen LogP contribution < -0.4 is 19.5 Å². The smallest absolute Gasteiger partial charge is 0.226 e. The molecule has 0 amide bonds. The van der Waals surface area contributed by atoms with Crippen molar-refractivity contribution < 1.29 is 14.2 Å². The van der Waals surface area contributed by atoms with Gasteiger partial charge >= 0.3 is 0 Å². The largest absolute Gasteiger partial charge is 0.493 e. The number of ether oxygens (including phenoxy) is 3. The van der Waals surface area contributed by atoms with Gasteiger partial charge in [-0.2, -0.15) is 4.98 Å². The van der Waals surface area contributed by atoms with Gasteiger partial charge in [-0.1, -0.05) is 6.07 Å². The van der Waals surface area contributed by atoms with E-state index < -0.39 is 0 Å². The summed E-state index contributed by atoms with van der Waals surface area (Å²) in [5.41, 5.74) is 1.07. The molecule has 1 atom stereocenters. The Balaban J connectivity index is 1.72. The standard InChI is InChI=1S/C19H25N3O3/c1-13(21-19-20-11-10-18(22-19)24-3)14-8-9-16(17(12-14)23-2)25-15-6-4-5-7-15/h8-13,15H,4-7H2,1-3H3,(H,20,21,22). The Bertz CT molecular complexity index is 702. The minimum atomic E-state index is 0.0153. The zero-order chi connectivity index (χ0) is 17.6. The fraction of sp³-hybridized carbons (Fsp3) is 0.474. The monoisotopic (exact) mass is 343 g/mol. The number of benzene rings is 1. The Morgan fingerprint density at radius 3 is 2.60 bits per heavy atom. The summed E-state index contributed by atoms with van der Waals surface area (Å²) in [6.07, 6.45) is 6.70. The highest BCUT2D eigenvalue weighted by Gasteiger charge is 2.19. The number of hydrogen-bond acceptors (Lipinski definition) is 6. The number of anilines is 1. The Hall–Kier alpha value is -2.50. The molecule has 6 heteroatoms. The van der Waals surface area contributed by atoms with Crippen molar-refractivity contribution in [2.75, 3.05) is 19.5 Å². The van der Waals surface area contributed by atoms with Crippen molar-refractivity contribution in [2.45, 2.75) is 44.8 Å². The SMILES string of the molecule is COc1ccnc(NC(C)c2ccc(OC3CCCC3)c(OC)c2)n1. The van der Waals surface area contributed by atoms with E-state index >= 15 is 0 Å². The van der Waals surface area contributed by atoms with E-state index in [1.807, 2.05) is 18.2 Å². The van der Waals surface area contributed by atoms with Crippen LogP contribution in [0.4, 0.5) is 5.95 Å². The Morgan fingerprint density at radius 2 is 1.88 bits per heavy atom. The van der Waals surface area contributed by atoms with E-state index in [9.17, 15) is 0 Å². The van der Waals surface area contributed by atoms with E-state index in [0.717, 1.165) is 29.9 Å². The van der Waals surface area contributed by atoms with Gasteiger partial charge in [0.25, 0.3) is 0 Å². The first kappa shape index (κ1) is 17.3. The number of nitrogens with one attached hydrogen (secondary N) is 1. The first-order valence-corrected chi connectivity index (χ1v) is 8.67. The van der Waals surface area contributed by atoms with Crippen LogP contribution in [0.1, 0.15) is 44.2 Å². The third-order valence-electron chi connectivity index (χ3n) is 4.47. The summed E-state index contributed by atoms with van der Waals surface area (Å²) in [6.45, 7) is 2.05. The lowest BCUT2D eigenvalue weighted by Crippen LogP contribution is -2.13. The summed E-state index contributed by atoms with van der Waals surface area (Å²) < 4.78 is 16.8. The molecule has 1 aliphatic rings. The number of rotatable bonds is 7. The van der Waals surface area contributed by atoms with Crippen LogP contribution in [0.3, 0.4) is 0 Å². The van der Waals surface area contributed by atoms with E-state index in [4.69, 9.17) is 14.2 Å². The first-order chi connectivity index (χ1) is 12.2. The molecule has 0 saturated heterocycles. The van der Waals surface area contributed by atoms with Gasteiger partial charge in [0.1, 0.15) is 0 Å². The van der Waals surface area contributed by atoms with Crippen molar-refractivity contribution in [1.29, 1.82) is 0 Å². The summed E-state index contributed by atoms with van der Waals surface area (Å²) in [4.78, 5) is 8.51. The van der Waals surface area contributed by atoms with E-state index in [1.54, 1.807) is 26.5 Å². The maximum Gasteiger partial charge on any atom is 0.226 e. The lowest BCUT2D eigenvalue weighted by Gasteiger charge is -2.19. The van der Waals surface area contributed by atoms with Crippen LogP contribution in [-0.2, 0) is 0 Å². The zero-order valence-electron chi connectivity index (χ0n) is 15.0. The predicted molar refractivity (Wildman–Crippen MR) is 96.5 cm³/mol. The molecule has 1 aromatic carbocycles. The third kappa shape index (κ3) is 4.32. The molecule has 1 heterocycles. The Morgan fingerprint density at radius 1 is 1.08 bits per heavy atom. The van der Waals surface area contributed by atoms with Crippen LogP contribution in [0.25, 0.3) is 0 Å². The van der Waals surface area contributed by atoms with Gasteiger partial charge in [-0.05, 0) is 50.3 Å². The van der Waals surface area contributed by atoms with Crippen molar-refractivity contribution in [1.82, 2.24) is 9.97 Å². The topological polar surface area (TPSA) is 65.5 Å². The molecular formula is C19H25N3O3. The van der Waals surface area contributed by atoms with Crippen LogP contribution >= 0.6 is 0 Å². The second-order valence-electron chi connectivity index (χ2n) is 6.22. The lowest BCUT2D eigenvalue weighted by atomic mass is 10.1. The summed E-state index contributed by atoms with van der Waals surface area (Å²) in [5, 5.41) is 3.28. The summed E-state index contributed by atoms with van der Waals surface area (Å²) in [5.74, 6) is 2.62. The predicted octanol–water partition coefficient (Wildman–Crippen LogP) is 3.99. The molecule has 134 valence electrons. The summed E-state index contributed by atoms with van der Waals surface area (Å²) in [7, 11) is 3.26. The van der Waals surface area contributed by atoms with Gasteiger partial charge in [0.2, 0.25) is 11.8 Å². The first-order valence-electron chi connectivity index (χ1n) is 8.67. The number of nitrogens with zero attached hydrogens (tertiary/aromatic N) is 2. The Kier molecular flexibility index (Phi) is 5.58. The van der Waals surface area contributed by atoms with Gasteiger partial charge in [-0.25, -0.2) is 4.98 Å². The number of hydrogen-bond donors (Lipinski definition) is 1. The lowest BCUT2D eigenvalue weighted by molar-refractivity contribution is 0.200. The molecular weight excluding hydrogens is 318 g/mol. The number of methoxy groups -OCH3 is 2. The average molecular weight is 343 g/mol. The fourth-order valence-corrected chi connectivity index (χ4v) is 3.04. The molecule has 1 N–H and O–H groups in total. The van der Waals surface area contributed by atoms with Crippen LogP contribution in [0, 0.1) is 0 Å². The molecule has 3 rings (SSSR count). The molecule has 6 nitrogen and oxygen atoms in total.